The second-order valence-corrected chi connectivity index (χ2v) is 12.4. The van der Waals surface area contributed by atoms with Crippen molar-refractivity contribution in [3.8, 4) is 45.2 Å². The summed E-state index contributed by atoms with van der Waals surface area (Å²) in [5, 5.41) is 4.63. The maximum atomic E-state index is 7.11. The van der Waals surface area contributed by atoms with Crippen LogP contribution in [0.25, 0.3) is 71.7 Å². The molecule has 2 aromatic heterocycles. The molecule has 0 N–H and O–H groups in total. The Morgan fingerprint density at radius 3 is 2.04 bits per heavy atom. The number of nitrogens with zero attached hydrogens (tertiary/aromatic N) is 1. The largest absolute Gasteiger partial charge is 0.551 e. The zero-order valence-electron chi connectivity index (χ0n) is 25.1. The Morgan fingerprint density at radius 1 is 0.511 bits per heavy atom. The molecular weight excluding hydrogens is 577 g/mol. The standard InChI is InChI=1S/C42H24BNO3/c1-5-17-33-27(11-1)28-12-2-6-18-34(28)44(33)35-19-10-16-32-42(35)46-39-24-25(23-31-29-13-3-8-21-37(29)47-43(32)41(31)39)26-15-9-22-38-40(26)30-14-4-7-20-36(30)45-38/h1-24H. The van der Waals surface area contributed by atoms with Crippen LogP contribution < -0.4 is 20.3 Å². The summed E-state index contributed by atoms with van der Waals surface area (Å²) in [7, 11) is 0. The number of ether oxygens (including phenoxy) is 1. The van der Waals surface area contributed by atoms with Crippen LogP contribution in [0.1, 0.15) is 0 Å². The molecule has 0 saturated carbocycles. The van der Waals surface area contributed by atoms with Crippen molar-refractivity contribution >= 4 is 61.6 Å². The highest BCUT2D eigenvalue weighted by Crippen LogP contribution is 2.45. The molecule has 0 aliphatic carbocycles. The topological polar surface area (TPSA) is 36.5 Å². The van der Waals surface area contributed by atoms with Crippen molar-refractivity contribution in [3.63, 3.8) is 0 Å². The lowest BCUT2D eigenvalue weighted by atomic mass is 9.50. The highest BCUT2D eigenvalue weighted by atomic mass is 16.5. The van der Waals surface area contributed by atoms with Gasteiger partial charge in [-0.15, -0.1) is 0 Å². The number of hydrogen-bond acceptors (Lipinski definition) is 3. The van der Waals surface area contributed by atoms with Crippen LogP contribution in [0.5, 0.6) is 17.2 Å². The third kappa shape index (κ3) is 3.38. The van der Waals surface area contributed by atoms with E-state index in [0.717, 1.165) is 89.1 Å². The van der Waals surface area contributed by atoms with Gasteiger partial charge in [0.1, 0.15) is 28.4 Å². The summed E-state index contributed by atoms with van der Waals surface area (Å²) in [4.78, 5) is 0. The molecule has 2 aliphatic heterocycles. The van der Waals surface area contributed by atoms with E-state index in [1.807, 2.05) is 24.3 Å². The van der Waals surface area contributed by atoms with Gasteiger partial charge in [0.15, 0.2) is 0 Å². The highest BCUT2D eigenvalue weighted by molar-refractivity contribution is 6.84. The number of para-hydroxylation sites is 5. The molecule has 0 radical (unpaired) electrons. The molecule has 218 valence electrons. The van der Waals surface area contributed by atoms with E-state index in [1.54, 1.807) is 0 Å². The molecule has 2 aliphatic rings. The second kappa shape index (κ2) is 9.18. The minimum Gasteiger partial charge on any atom is -0.551 e. The van der Waals surface area contributed by atoms with Crippen LogP contribution in [0.15, 0.2) is 150 Å². The molecule has 5 heteroatoms. The van der Waals surface area contributed by atoms with Crippen molar-refractivity contribution in [2.24, 2.45) is 0 Å². The number of aromatic nitrogens is 1. The second-order valence-electron chi connectivity index (χ2n) is 12.4. The van der Waals surface area contributed by atoms with Crippen molar-refractivity contribution < 1.29 is 13.8 Å². The normalized spacial score (nSPS) is 13.0. The first-order valence-corrected chi connectivity index (χ1v) is 16.0. The fourth-order valence-electron chi connectivity index (χ4n) is 7.90. The van der Waals surface area contributed by atoms with E-state index in [4.69, 9.17) is 13.8 Å². The number of benzene rings is 7. The fraction of sp³-hybridized carbons (Fsp3) is 0. The molecule has 0 spiro atoms. The Kier molecular flexibility index (Phi) is 4.89. The quantitative estimate of drug-likeness (QED) is 0.185. The van der Waals surface area contributed by atoms with Gasteiger partial charge in [-0.2, -0.15) is 0 Å². The molecule has 0 fully saturated rings. The van der Waals surface area contributed by atoms with Crippen LogP contribution in [0, 0.1) is 0 Å². The molecule has 11 rings (SSSR count). The van der Waals surface area contributed by atoms with E-state index in [9.17, 15) is 0 Å². The van der Waals surface area contributed by atoms with Crippen molar-refractivity contribution in [1.82, 2.24) is 4.57 Å². The Hall–Kier alpha value is -6.20. The summed E-state index contributed by atoms with van der Waals surface area (Å²) in [5.41, 5.74) is 11.5. The van der Waals surface area contributed by atoms with Gasteiger partial charge in [0.2, 0.25) is 0 Å². The summed E-state index contributed by atoms with van der Waals surface area (Å²) < 4.78 is 22.6. The predicted molar refractivity (Wildman–Crippen MR) is 191 cm³/mol. The van der Waals surface area contributed by atoms with Crippen LogP contribution in [-0.2, 0) is 0 Å². The van der Waals surface area contributed by atoms with Crippen molar-refractivity contribution in [2.45, 2.75) is 0 Å². The van der Waals surface area contributed by atoms with Gasteiger partial charge < -0.3 is 18.4 Å². The number of hydrogen-bond donors (Lipinski definition) is 0. The molecule has 0 unspecified atom stereocenters. The maximum absolute atomic E-state index is 7.11. The zero-order chi connectivity index (χ0) is 30.6. The van der Waals surface area contributed by atoms with E-state index < -0.39 is 0 Å². The molecule has 4 nitrogen and oxygen atoms in total. The molecule has 47 heavy (non-hydrogen) atoms. The van der Waals surface area contributed by atoms with Crippen LogP contribution in [-0.4, -0.2) is 11.5 Å². The van der Waals surface area contributed by atoms with Gasteiger partial charge in [-0.3, -0.25) is 0 Å². The first kappa shape index (κ1) is 25.0. The number of rotatable bonds is 2. The van der Waals surface area contributed by atoms with Crippen molar-refractivity contribution in [1.29, 1.82) is 0 Å². The van der Waals surface area contributed by atoms with E-state index in [1.165, 1.54) is 10.8 Å². The maximum Gasteiger partial charge on any atom is 0.434 e. The minimum absolute atomic E-state index is 0.314. The summed E-state index contributed by atoms with van der Waals surface area (Å²) in [6, 6.07) is 51.0. The smallest absolute Gasteiger partial charge is 0.434 e. The van der Waals surface area contributed by atoms with E-state index in [2.05, 4.69) is 126 Å². The molecule has 0 saturated heterocycles. The summed E-state index contributed by atoms with van der Waals surface area (Å²) in [5.74, 6) is 2.49. The molecule has 0 bridgehead atoms. The third-order valence-corrected chi connectivity index (χ3v) is 9.88. The van der Waals surface area contributed by atoms with Crippen molar-refractivity contribution in [3.05, 3.63) is 146 Å². The van der Waals surface area contributed by atoms with Gasteiger partial charge in [-0.25, -0.2) is 0 Å². The number of furan rings is 1. The van der Waals surface area contributed by atoms with Gasteiger partial charge in [0.05, 0.1) is 16.7 Å². The van der Waals surface area contributed by atoms with Crippen LogP contribution in [0.4, 0.5) is 0 Å². The van der Waals surface area contributed by atoms with Gasteiger partial charge in [-0.1, -0.05) is 97.1 Å². The summed E-state index contributed by atoms with van der Waals surface area (Å²) in [6.07, 6.45) is 0. The Morgan fingerprint density at radius 2 is 1.19 bits per heavy atom. The monoisotopic (exact) mass is 601 g/mol. The third-order valence-electron chi connectivity index (χ3n) is 9.88. The van der Waals surface area contributed by atoms with Gasteiger partial charge in [0, 0.05) is 38.0 Å². The Labute approximate surface area is 270 Å². The lowest BCUT2D eigenvalue weighted by molar-refractivity contribution is 0.478. The Balaban J connectivity index is 1.20. The summed E-state index contributed by atoms with van der Waals surface area (Å²) in [6.45, 7) is -0.314. The first-order chi connectivity index (χ1) is 23.3. The molecular formula is C42H24BNO3. The van der Waals surface area contributed by atoms with E-state index in [-0.39, 0.29) is 6.92 Å². The summed E-state index contributed by atoms with van der Waals surface area (Å²) >= 11 is 0. The molecule has 0 atom stereocenters. The fourth-order valence-corrected chi connectivity index (χ4v) is 7.90. The predicted octanol–water partition coefficient (Wildman–Crippen LogP) is 9.62. The molecule has 9 aromatic rings. The zero-order valence-corrected chi connectivity index (χ0v) is 25.1. The van der Waals surface area contributed by atoms with E-state index in [0.29, 0.717) is 0 Å². The van der Waals surface area contributed by atoms with Crippen molar-refractivity contribution in [2.75, 3.05) is 0 Å². The highest BCUT2D eigenvalue weighted by Gasteiger charge is 2.42. The molecule has 0 amide bonds. The molecule has 7 aromatic carbocycles. The first-order valence-electron chi connectivity index (χ1n) is 16.0. The molecule has 4 heterocycles. The van der Waals surface area contributed by atoms with Gasteiger partial charge in [0.25, 0.3) is 0 Å². The SMILES string of the molecule is c1ccc2c(c1)OB1c3cccc(-n4c5ccccc5c5ccccc54)c3Oc3cc(-c4cccc5oc6ccccc6c45)cc-2c31. The average Bonchev–Trinajstić information content (AvgIpc) is 3.67. The number of fused-ring (bicyclic) bond motifs is 10. The lowest BCUT2D eigenvalue weighted by Crippen LogP contribution is -2.53. The average molecular weight is 601 g/mol. The van der Waals surface area contributed by atoms with Crippen LogP contribution in [0.3, 0.4) is 0 Å². The van der Waals surface area contributed by atoms with Crippen LogP contribution in [0.2, 0.25) is 0 Å². The Bertz CT molecular complexity index is 2720. The van der Waals surface area contributed by atoms with Gasteiger partial charge in [-0.05, 0) is 65.2 Å². The lowest BCUT2D eigenvalue weighted by Gasteiger charge is -2.34. The van der Waals surface area contributed by atoms with Gasteiger partial charge >= 0.3 is 6.92 Å². The minimum atomic E-state index is -0.314. The van der Waals surface area contributed by atoms with E-state index >= 15 is 0 Å². The van der Waals surface area contributed by atoms with Crippen LogP contribution >= 0.6 is 0 Å².